The quantitative estimate of drug-likeness (QED) is 0.0647. The summed E-state index contributed by atoms with van der Waals surface area (Å²) in [5.41, 5.74) is 4.78. The molecule has 0 aromatic carbocycles. The monoisotopic (exact) mass is 597 g/mol. The lowest BCUT2D eigenvalue weighted by Crippen LogP contribution is -2.23. The second-order valence-electron chi connectivity index (χ2n) is 12.9. The Labute approximate surface area is 265 Å². The minimum Gasteiger partial charge on any atom is -0.395 e. The number of unbranched alkanes of at least 4 members (excludes halogenated alkanes) is 29. The Morgan fingerprint density at radius 1 is 0.452 bits per heavy atom. The third kappa shape index (κ3) is 43.8. The normalized spacial score (nSPS) is 11.0. The first-order chi connectivity index (χ1) is 20.7. The maximum Gasteiger partial charge on any atom is 0.219 e. The van der Waals surface area contributed by atoms with Gasteiger partial charge in [-0.1, -0.05) is 200 Å². The molecular weight excluding hydrogens is 516 g/mol. The molecule has 0 saturated carbocycles. The lowest BCUT2D eigenvalue weighted by Gasteiger charge is -2.06. The van der Waals surface area contributed by atoms with Crippen molar-refractivity contribution in [2.24, 2.45) is 5.73 Å². The second-order valence-corrected chi connectivity index (χ2v) is 12.9. The number of carbonyl (C=O) groups excluding carboxylic acids is 1. The Morgan fingerprint density at radius 2 is 0.690 bits per heavy atom. The molecule has 0 unspecified atom stereocenters. The molecule has 0 aromatic heterocycles. The predicted octanol–water partition coefficient (Wildman–Crippen LogP) is 11.6. The average Bonchev–Trinajstić information content (AvgIpc) is 3.00. The highest BCUT2D eigenvalue weighted by Gasteiger charge is 2.01. The van der Waals surface area contributed by atoms with Crippen molar-refractivity contribution in [2.75, 3.05) is 19.7 Å². The number of hydrogen-bond donors (Lipinski definition) is 3. The molecule has 1 amide bonds. The Bertz CT molecular complexity index is 470. The van der Waals surface area contributed by atoms with Gasteiger partial charge in [0.25, 0.3) is 0 Å². The van der Waals surface area contributed by atoms with E-state index in [0.717, 1.165) is 25.8 Å². The predicted molar refractivity (Wildman–Crippen MR) is 188 cm³/mol. The lowest BCUT2D eigenvalue weighted by atomic mass is 10.0. The van der Waals surface area contributed by atoms with E-state index in [1.807, 2.05) is 0 Å². The van der Waals surface area contributed by atoms with Crippen LogP contribution < -0.4 is 11.1 Å². The molecule has 254 valence electrons. The number of hydrogen-bond acceptors (Lipinski definition) is 3. The number of aliphatic hydroxyl groups is 1. The van der Waals surface area contributed by atoms with Crippen LogP contribution in [0.3, 0.4) is 0 Å². The molecule has 42 heavy (non-hydrogen) atoms. The van der Waals surface area contributed by atoms with E-state index in [-0.39, 0.29) is 12.5 Å². The van der Waals surface area contributed by atoms with Crippen molar-refractivity contribution in [3.8, 4) is 0 Å². The summed E-state index contributed by atoms with van der Waals surface area (Å²) in [5.74, 6) is 0.278. The summed E-state index contributed by atoms with van der Waals surface area (Å²) in [6.45, 7) is 5.94. The minimum atomic E-state index is 0.0972. The van der Waals surface area contributed by atoms with Crippen LogP contribution in [-0.2, 0) is 4.79 Å². The molecular formula is C38H80N2O2. The van der Waals surface area contributed by atoms with Gasteiger partial charge in [-0.05, 0) is 12.8 Å². The van der Waals surface area contributed by atoms with Gasteiger partial charge in [-0.3, -0.25) is 4.79 Å². The van der Waals surface area contributed by atoms with Gasteiger partial charge in [0.05, 0.1) is 6.61 Å². The largest absolute Gasteiger partial charge is 0.395 e. The zero-order chi connectivity index (χ0) is 31.0. The highest BCUT2D eigenvalue weighted by Crippen LogP contribution is 2.15. The van der Waals surface area contributed by atoms with Crippen molar-refractivity contribution in [1.82, 2.24) is 5.32 Å². The number of carbonyl (C=O) groups is 1. The molecule has 0 radical (unpaired) electrons. The van der Waals surface area contributed by atoms with E-state index < -0.39 is 0 Å². The van der Waals surface area contributed by atoms with Crippen LogP contribution in [0.25, 0.3) is 0 Å². The molecule has 0 aliphatic heterocycles. The van der Waals surface area contributed by atoms with Gasteiger partial charge >= 0.3 is 0 Å². The van der Waals surface area contributed by atoms with Crippen LogP contribution in [0, 0.1) is 0 Å². The van der Waals surface area contributed by atoms with Crippen molar-refractivity contribution in [3.63, 3.8) is 0 Å². The van der Waals surface area contributed by atoms with Crippen molar-refractivity contribution < 1.29 is 9.90 Å². The molecule has 0 spiro atoms. The number of rotatable bonds is 34. The van der Waals surface area contributed by atoms with Crippen LogP contribution in [0.5, 0.6) is 0 Å². The first kappa shape index (κ1) is 43.5. The van der Waals surface area contributed by atoms with Gasteiger partial charge in [0.2, 0.25) is 5.91 Å². The summed E-state index contributed by atoms with van der Waals surface area (Å²) in [7, 11) is 0. The summed E-state index contributed by atoms with van der Waals surface area (Å²) in [5, 5.41) is 10.9. The third-order valence-corrected chi connectivity index (χ3v) is 8.49. The van der Waals surface area contributed by atoms with Crippen molar-refractivity contribution in [3.05, 3.63) is 0 Å². The second kappa shape index (κ2) is 42.5. The Kier molecular flexibility index (Phi) is 44.1. The van der Waals surface area contributed by atoms with E-state index in [1.54, 1.807) is 0 Å². The summed E-state index contributed by atoms with van der Waals surface area (Å²) >= 11 is 0. The molecule has 0 saturated heterocycles. The number of nitrogens with two attached hydrogens (primary N) is 1. The Morgan fingerprint density at radius 3 is 0.952 bits per heavy atom. The van der Waals surface area contributed by atoms with Gasteiger partial charge in [0, 0.05) is 19.5 Å². The first-order valence-corrected chi connectivity index (χ1v) is 19.3. The fourth-order valence-electron chi connectivity index (χ4n) is 5.65. The van der Waals surface area contributed by atoms with Crippen LogP contribution in [0.1, 0.15) is 219 Å². The highest BCUT2D eigenvalue weighted by molar-refractivity contribution is 5.75. The molecule has 0 rings (SSSR count). The number of aliphatic hydroxyl groups excluding tert-OH is 1. The topological polar surface area (TPSA) is 75.4 Å². The van der Waals surface area contributed by atoms with E-state index in [1.165, 1.54) is 186 Å². The molecule has 0 atom stereocenters. The summed E-state index contributed by atoms with van der Waals surface area (Å²) in [6.07, 6.45) is 43.7. The van der Waals surface area contributed by atoms with Crippen LogP contribution in [-0.4, -0.2) is 30.7 Å². The van der Waals surface area contributed by atoms with E-state index >= 15 is 0 Å². The number of amides is 1. The van der Waals surface area contributed by atoms with Gasteiger partial charge in [-0.2, -0.15) is 0 Å². The molecule has 0 aliphatic rings. The molecule has 4 N–H and O–H groups in total. The van der Waals surface area contributed by atoms with E-state index in [2.05, 4.69) is 19.2 Å². The first-order valence-electron chi connectivity index (χ1n) is 19.3. The summed E-state index contributed by atoms with van der Waals surface area (Å²) in [6, 6.07) is 0. The van der Waals surface area contributed by atoms with Crippen LogP contribution in [0.2, 0.25) is 0 Å². The Hall–Kier alpha value is -0.610. The van der Waals surface area contributed by atoms with Gasteiger partial charge in [0.1, 0.15) is 0 Å². The van der Waals surface area contributed by atoms with Crippen LogP contribution in [0.15, 0.2) is 0 Å². The summed E-state index contributed by atoms with van der Waals surface area (Å²) < 4.78 is 0. The van der Waals surface area contributed by atoms with Crippen LogP contribution >= 0.6 is 0 Å². The molecule has 0 fully saturated rings. The SMILES string of the molecule is CCCCCCCCCCCCCCCCCCNC(=O)CCCCCCCCCCCCCCCCC.NCCO. The molecule has 0 bridgehead atoms. The fraction of sp³-hybridized carbons (Fsp3) is 0.974. The average molecular weight is 597 g/mol. The van der Waals surface area contributed by atoms with E-state index in [4.69, 9.17) is 10.8 Å². The van der Waals surface area contributed by atoms with Gasteiger partial charge in [-0.25, -0.2) is 0 Å². The number of nitrogens with one attached hydrogen (secondary N) is 1. The third-order valence-electron chi connectivity index (χ3n) is 8.49. The van der Waals surface area contributed by atoms with Crippen molar-refractivity contribution in [1.29, 1.82) is 0 Å². The molecule has 4 nitrogen and oxygen atoms in total. The summed E-state index contributed by atoms with van der Waals surface area (Å²) in [4.78, 5) is 12.0. The highest BCUT2D eigenvalue weighted by atomic mass is 16.3. The smallest absolute Gasteiger partial charge is 0.219 e. The van der Waals surface area contributed by atoms with Crippen LogP contribution in [0.4, 0.5) is 0 Å². The standard InChI is InChI=1S/C36H73NO.C2H7NO/c1-3-5-7-9-11-13-15-17-19-21-23-25-27-29-31-33-35-37-36(38)34-32-30-28-26-24-22-20-18-16-14-12-10-8-6-4-2;3-1-2-4/h3-35H2,1-2H3,(H,37,38);4H,1-3H2. The van der Waals surface area contributed by atoms with E-state index in [0.29, 0.717) is 6.54 Å². The van der Waals surface area contributed by atoms with Gasteiger partial charge in [-0.15, -0.1) is 0 Å². The van der Waals surface area contributed by atoms with Gasteiger partial charge < -0.3 is 16.2 Å². The fourth-order valence-corrected chi connectivity index (χ4v) is 5.65. The van der Waals surface area contributed by atoms with E-state index in [9.17, 15) is 4.79 Å². The lowest BCUT2D eigenvalue weighted by molar-refractivity contribution is -0.121. The van der Waals surface area contributed by atoms with Crippen molar-refractivity contribution in [2.45, 2.75) is 219 Å². The molecule has 4 heteroatoms. The Balaban J connectivity index is 0. The van der Waals surface area contributed by atoms with Crippen molar-refractivity contribution >= 4 is 5.91 Å². The molecule has 0 aliphatic carbocycles. The molecule has 0 aromatic rings. The zero-order valence-corrected chi connectivity index (χ0v) is 29.2. The maximum atomic E-state index is 12.0. The maximum absolute atomic E-state index is 12.0. The van der Waals surface area contributed by atoms with Gasteiger partial charge in [0.15, 0.2) is 0 Å². The zero-order valence-electron chi connectivity index (χ0n) is 29.2. The minimum absolute atomic E-state index is 0.0972. The molecule has 0 heterocycles.